The molecule has 1 heterocycles. The number of thiophene rings is 1. The highest BCUT2D eigenvalue weighted by Gasteiger charge is 2.28. The van der Waals surface area contributed by atoms with Gasteiger partial charge in [0, 0.05) is 15.5 Å². The Labute approximate surface area is 219 Å². The third-order valence-corrected chi connectivity index (χ3v) is 8.63. The summed E-state index contributed by atoms with van der Waals surface area (Å²) in [5.41, 5.74) is 3.17. The van der Waals surface area contributed by atoms with Crippen LogP contribution >= 0.6 is 23.1 Å². The van der Waals surface area contributed by atoms with Gasteiger partial charge >= 0.3 is 5.97 Å². The van der Waals surface area contributed by atoms with E-state index in [0.29, 0.717) is 29.1 Å². The van der Waals surface area contributed by atoms with Gasteiger partial charge in [0.05, 0.1) is 24.3 Å². The molecule has 0 saturated heterocycles. The summed E-state index contributed by atoms with van der Waals surface area (Å²) in [5, 5.41) is 6.19. The Morgan fingerprint density at radius 2 is 1.81 bits per heavy atom. The summed E-state index contributed by atoms with van der Waals surface area (Å²) < 4.78 is 5.02. The molecule has 0 saturated carbocycles. The van der Waals surface area contributed by atoms with Crippen molar-refractivity contribution in [1.82, 2.24) is 0 Å². The van der Waals surface area contributed by atoms with Crippen LogP contribution in [0, 0.1) is 0 Å². The molecule has 2 amide bonds. The first-order valence-electron chi connectivity index (χ1n) is 12.1. The van der Waals surface area contributed by atoms with Gasteiger partial charge in [-0.15, -0.1) is 23.1 Å². The lowest BCUT2D eigenvalue weighted by Gasteiger charge is -2.16. The number of amides is 2. The Hall–Kier alpha value is -3.10. The summed E-state index contributed by atoms with van der Waals surface area (Å²) in [7, 11) is 1.37. The summed E-state index contributed by atoms with van der Waals surface area (Å²) in [6.45, 7) is 1.96. The van der Waals surface area contributed by atoms with Crippen molar-refractivity contribution in [1.29, 1.82) is 0 Å². The lowest BCUT2D eigenvalue weighted by Crippen LogP contribution is -2.25. The lowest BCUT2D eigenvalue weighted by molar-refractivity contribution is -0.116. The number of fused-ring (bicyclic) bond motifs is 1. The number of esters is 1. The summed E-state index contributed by atoms with van der Waals surface area (Å²) in [6.07, 6.45) is 4.79. The van der Waals surface area contributed by atoms with Crippen molar-refractivity contribution in [3.8, 4) is 0 Å². The van der Waals surface area contributed by atoms with Crippen molar-refractivity contribution in [2.45, 2.75) is 55.6 Å². The first kappa shape index (κ1) is 26.0. The van der Waals surface area contributed by atoms with Crippen molar-refractivity contribution in [3.63, 3.8) is 0 Å². The van der Waals surface area contributed by atoms with Crippen molar-refractivity contribution in [2.75, 3.05) is 17.7 Å². The quantitative estimate of drug-likeness (QED) is 0.262. The van der Waals surface area contributed by atoms with Crippen LogP contribution in [0.5, 0.6) is 0 Å². The maximum atomic E-state index is 13.2. The van der Waals surface area contributed by atoms with Gasteiger partial charge in [0.1, 0.15) is 5.00 Å². The standard InChI is InChI=1S/C28H30N2O4S2/c1-3-22(26(32)30-27-25(28(33)34-2)21-14-7-8-15-23(21)36-27)35-20-13-9-12-19(17-20)29-24(31)16-18-10-5-4-6-11-18/h4-6,9-13,17,22H,3,7-8,14-16H2,1-2H3,(H,29,31)(H,30,32). The van der Waals surface area contributed by atoms with Gasteiger partial charge < -0.3 is 15.4 Å². The zero-order valence-corrected chi connectivity index (χ0v) is 22.1. The molecule has 6 nitrogen and oxygen atoms in total. The molecule has 1 aliphatic carbocycles. The summed E-state index contributed by atoms with van der Waals surface area (Å²) >= 11 is 2.93. The highest BCUT2D eigenvalue weighted by molar-refractivity contribution is 8.00. The molecule has 1 unspecified atom stereocenters. The number of carbonyl (C=O) groups is 3. The topological polar surface area (TPSA) is 84.5 Å². The maximum absolute atomic E-state index is 13.2. The molecule has 4 rings (SSSR count). The number of methoxy groups -OCH3 is 1. The van der Waals surface area contributed by atoms with Gasteiger partial charge in [-0.3, -0.25) is 9.59 Å². The molecule has 0 bridgehead atoms. The molecular weight excluding hydrogens is 492 g/mol. The number of thioether (sulfide) groups is 1. The number of carbonyl (C=O) groups excluding carboxylic acids is 3. The largest absolute Gasteiger partial charge is 0.465 e. The van der Waals surface area contributed by atoms with E-state index in [-0.39, 0.29) is 17.1 Å². The van der Waals surface area contributed by atoms with Crippen LogP contribution < -0.4 is 10.6 Å². The number of hydrogen-bond donors (Lipinski definition) is 2. The molecule has 0 spiro atoms. The average molecular weight is 523 g/mol. The van der Waals surface area contributed by atoms with E-state index >= 15 is 0 Å². The average Bonchev–Trinajstić information content (AvgIpc) is 3.25. The second-order valence-corrected chi connectivity index (χ2v) is 11.0. The van der Waals surface area contributed by atoms with Crippen LogP contribution in [0.1, 0.15) is 52.5 Å². The lowest BCUT2D eigenvalue weighted by atomic mass is 9.95. The number of anilines is 2. The molecule has 0 radical (unpaired) electrons. The Balaban J connectivity index is 1.43. The first-order valence-corrected chi connectivity index (χ1v) is 13.8. The van der Waals surface area contributed by atoms with Crippen molar-refractivity contribution in [3.05, 3.63) is 76.2 Å². The molecule has 188 valence electrons. The molecule has 36 heavy (non-hydrogen) atoms. The van der Waals surface area contributed by atoms with Crippen LogP contribution in [-0.2, 0) is 33.6 Å². The van der Waals surface area contributed by atoms with Gasteiger partial charge in [-0.1, -0.05) is 43.3 Å². The number of ether oxygens (including phenoxy) is 1. The van der Waals surface area contributed by atoms with Crippen LogP contribution in [0.2, 0.25) is 0 Å². The number of aryl methyl sites for hydroxylation is 1. The second-order valence-electron chi connectivity index (χ2n) is 8.65. The fraction of sp³-hybridized carbons (Fsp3) is 0.321. The molecule has 1 aliphatic rings. The minimum absolute atomic E-state index is 0.0925. The second kappa shape index (κ2) is 12.2. The van der Waals surface area contributed by atoms with Crippen LogP contribution in [0.3, 0.4) is 0 Å². The van der Waals surface area contributed by atoms with E-state index in [9.17, 15) is 14.4 Å². The van der Waals surface area contributed by atoms with E-state index in [2.05, 4.69) is 10.6 Å². The van der Waals surface area contributed by atoms with Crippen LogP contribution in [0.25, 0.3) is 0 Å². The van der Waals surface area contributed by atoms with E-state index in [1.165, 1.54) is 30.2 Å². The predicted octanol–water partition coefficient (Wildman–Crippen LogP) is 6.10. The number of nitrogens with one attached hydrogen (secondary N) is 2. The Morgan fingerprint density at radius 1 is 1.03 bits per heavy atom. The summed E-state index contributed by atoms with van der Waals surface area (Å²) in [4.78, 5) is 40.3. The number of benzene rings is 2. The smallest absolute Gasteiger partial charge is 0.341 e. The van der Waals surface area contributed by atoms with Gasteiger partial charge in [0.2, 0.25) is 11.8 Å². The fourth-order valence-electron chi connectivity index (χ4n) is 4.28. The van der Waals surface area contributed by atoms with E-state index in [1.807, 2.05) is 61.5 Å². The zero-order chi connectivity index (χ0) is 25.5. The van der Waals surface area contributed by atoms with E-state index in [0.717, 1.165) is 46.6 Å². The highest BCUT2D eigenvalue weighted by atomic mass is 32.2. The van der Waals surface area contributed by atoms with Crippen molar-refractivity contribution >= 4 is 51.6 Å². The normalized spacial score (nSPS) is 13.4. The number of hydrogen-bond acceptors (Lipinski definition) is 6. The van der Waals surface area contributed by atoms with E-state index in [1.54, 1.807) is 0 Å². The molecule has 0 aliphatic heterocycles. The Bertz CT molecular complexity index is 1240. The summed E-state index contributed by atoms with van der Waals surface area (Å²) in [6, 6.07) is 17.1. The molecule has 2 aromatic carbocycles. The highest BCUT2D eigenvalue weighted by Crippen LogP contribution is 2.39. The maximum Gasteiger partial charge on any atom is 0.341 e. The van der Waals surface area contributed by atoms with Gasteiger partial charge in [-0.05, 0) is 61.4 Å². The molecule has 1 aromatic heterocycles. The minimum atomic E-state index is -0.399. The van der Waals surface area contributed by atoms with Crippen LogP contribution in [-0.4, -0.2) is 30.1 Å². The Kier molecular flexibility index (Phi) is 8.83. The molecular formula is C28H30N2O4S2. The zero-order valence-electron chi connectivity index (χ0n) is 20.5. The third-order valence-electron chi connectivity index (χ3n) is 6.06. The molecule has 8 heteroatoms. The third kappa shape index (κ3) is 6.36. The molecule has 0 fully saturated rings. The van der Waals surface area contributed by atoms with Crippen LogP contribution in [0.15, 0.2) is 59.5 Å². The van der Waals surface area contributed by atoms with E-state index < -0.39 is 5.97 Å². The van der Waals surface area contributed by atoms with Crippen molar-refractivity contribution in [2.24, 2.45) is 0 Å². The van der Waals surface area contributed by atoms with Crippen LogP contribution in [0.4, 0.5) is 10.7 Å². The minimum Gasteiger partial charge on any atom is -0.465 e. The number of rotatable bonds is 9. The molecule has 2 N–H and O–H groups in total. The van der Waals surface area contributed by atoms with Gasteiger partial charge in [0.15, 0.2) is 0 Å². The molecule has 1 atom stereocenters. The van der Waals surface area contributed by atoms with Crippen molar-refractivity contribution < 1.29 is 19.1 Å². The van der Waals surface area contributed by atoms with Gasteiger partial charge in [0.25, 0.3) is 0 Å². The summed E-state index contributed by atoms with van der Waals surface area (Å²) in [5.74, 6) is -0.640. The van der Waals surface area contributed by atoms with E-state index in [4.69, 9.17) is 4.74 Å². The Morgan fingerprint density at radius 3 is 2.56 bits per heavy atom. The van der Waals surface area contributed by atoms with Gasteiger partial charge in [-0.25, -0.2) is 4.79 Å². The SMILES string of the molecule is CCC(Sc1cccc(NC(=O)Cc2ccccc2)c1)C(=O)Nc1sc2c(c1C(=O)OC)CCCC2. The monoisotopic (exact) mass is 522 g/mol. The van der Waals surface area contributed by atoms with Gasteiger partial charge in [-0.2, -0.15) is 0 Å². The molecule has 3 aromatic rings. The first-order chi connectivity index (χ1) is 17.5. The fourth-order valence-corrected chi connectivity index (χ4v) is 6.58. The predicted molar refractivity (Wildman–Crippen MR) is 146 cm³/mol.